The van der Waals surface area contributed by atoms with Gasteiger partial charge in [0.05, 0.1) is 24.1 Å². The third-order valence-electron chi connectivity index (χ3n) is 4.43. The van der Waals surface area contributed by atoms with Crippen molar-refractivity contribution in [1.82, 2.24) is 30.2 Å². The van der Waals surface area contributed by atoms with Crippen LogP contribution in [0.5, 0.6) is 0 Å². The fourth-order valence-corrected chi connectivity index (χ4v) is 3.15. The summed E-state index contributed by atoms with van der Waals surface area (Å²) in [5.41, 5.74) is 4.27. The van der Waals surface area contributed by atoms with Crippen molar-refractivity contribution < 1.29 is 0 Å². The molecule has 0 fully saturated rings. The summed E-state index contributed by atoms with van der Waals surface area (Å²) in [5.74, 6) is 0.806. The van der Waals surface area contributed by atoms with Crippen LogP contribution in [0.4, 0.5) is 0 Å². The molecular weight excluding hydrogens is 386 g/mol. The molecule has 0 unspecified atom stereocenters. The average molecular weight is 414 g/mol. The van der Waals surface area contributed by atoms with Gasteiger partial charge in [0.15, 0.2) is 5.96 Å². The van der Waals surface area contributed by atoms with Crippen molar-refractivity contribution in [3.63, 3.8) is 0 Å². The largest absolute Gasteiger partial charge is 0.357 e. The third-order valence-corrected chi connectivity index (χ3v) is 4.69. The Morgan fingerprint density at radius 1 is 1.17 bits per heavy atom. The number of halogens is 1. The Kier molecular flexibility index (Phi) is 7.30. The summed E-state index contributed by atoms with van der Waals surface area (Å²) < 4.78 is 3.88. The fraction of sp³-hybridized carbons (Fsp3) is 0.381. The van der Waals surface area contributed by atoms with Gasteiger partial charge in [-0.05, 0) is 57.5 Å². The Morgan fingerprint density at radius 3 is 2.66 bits per heavy atom. The monoisotopic (exact) mass is 413 g/mol. The molecule has 0 saturated carbocycles. The Morgan fingerprint density at radius 2 is 1.97 bits per heavy atom. The average Bonchev–Trinajstić information content (AvgIpc) is 3.30. The number of nitrogens with zero attached hydrogens (tertiary/aromatic N) is 5. The molecule has 3 rings (SSSR count). The first-order chi connectivity index (χ1) is 14.0. The van der Waals surface area contributed by atoms with Crippen LogP contribution in [0.1, 0.15) is 30.3 Å². The molecule has 0 amide bonds. The molecule has 2 heterocycles. The van der Waals surface area contributed by atoms with Crippen molar-refractivity contribution in [2.45, 2.75) is 40.3 Å². The Balaban J connectivity index is 1.52. The predicted molar refractivity (Wildman–Crippen MR) is 118 cm³/mol. The van der Waals surface area contributed by atoms with Crippen molar-refractivity contribution in [2.24, 2.45) is 4.99 Å². The zero-order valence-electron chi connectivity index (χ0n) is 17.2. The maximum absolute atomic E-state index is 5.95. The first kappa shape index (κ1) is 20.9. The molecule has 7 nitrogen and oxygen atoms in total. The van der Waals surface area contributed by atoms with E-state index in [1.165, 1.54) is 5.69 Å². The van der Waals surface area contributed by atoms with Crippen molar-refractivity contribution in [3.8, 4) is 5.69 Å². The van der Waals surface area contributed by atoms with E-state index in [0.29, 0.717) is 11.6 Å². The second-order valence-corrected chi connectivity index (χ2v) is 7.33. The van der Waals surface area contributed by atoms with Crippen LogP contribution in [0, 0.1) is 13.8 Å². The third kappa shape index (κ3) is 6.09. The van der Waals surface area contributed by atoms with Crippen molar-refractivity contribution in [3.05, 3.63) is 64.7 Å². The first-order valence-electron chi connectivity index (χ1n) is 9.88. The molecule has 0 bridgehead atoms. The number of aryl methyl sites for hydroxylation is 3. The van der Waals surface area contributed by atoms with Gasteiger partial charge in [0.2, 0.25) is 0 Å². The van der Waals surface area contributed by atoms with Gasteiger partial charge in [-0.3, -0.25) is 4.68 Å². The molecule has 0 radical (unpaired) electrons. The van der Waals surface area contributed by atoms with E-state index in [9.17, 15) is 0 Å². The molecule has 3 aromatic rings. The molecule has 0 aliphatic rings. The lowest BCUT2D eigenvalue weighted by Gasteiger charge is -2.11. The van der Waals surface area contributed by atoms with Crippen LogP contribution in [-0.2, 0) is 13.1 Å². The van der Waals surface area contributed by atoms with Gasteiger partial charge < -0.3 is 10.6 Å². The van der Waals surface area contributed by atoms with Gasteiger partial charge in [0.1, 0.15) is 0 Å². The summed E-state index contributed by atoms with van der Waals surface area (Å²) in [7, 11) is 0. The maximum Gasteiger partial charge on any atom is 0.191 e. The molecule has 8 heteroatoms. The molecule has 0 spiro atoms. The van der Waals surface area contributed by atoms with E-state index in [1.54, 1.807) is 0 Å². The van der Waals surface area contributed by atoms with E-state index >= 15 is 0 Å². The zero-order chi connectivity index (χ0) is 20.6. The van der Waals surface area contributed by atoms with E-state index in [2.05, 4.69) is 45.7 Å². The van der Waals surface area contributed by atoms with E-state index < -0.39 is 0 Å². The second-order valence-electron chi connectivity index (χ2n) is 6.90. The lowest BCUT2D eigenvalue weighted by Crippen LogP contribution is -2.38. The van der Waals surface area contributed by atoms with Crippen LogP contribution in [0.25, 0.3) is 5.69 Å². The highest BCUT2D eigenvalue weighted by Crippen LogP contribution is 2.13. The molecule has 2 aromatic heterocycles. The summed E-state index contributed by atoms with van der Waals surface area (Å²) in [6.45, 7) is 9.25. The lowest BCUT2D eigenvalue weighted by atomic mass is 10.3. The van der Waals surface area contributed by atoms with Crippen molar-refractivity contribution >= 4 is 17.6 Å². The molecule has 0 atom stereocenters. The molecular formula is C21H28ClN7. The SMILES string of the molecule is CCNC(=NCc1cnn(-c2ccc(Cl)cc2)c1)NCCCn1nc(C)cc1C. The van der Waals surface area contributed by atoms with Crippen LogP contribution in [0.2, 0.25) is 5.02 Å². The predicted octanol–water partition coefficient (Wildman–Crippen LogP) is 3.48. The molecule has 0 aliphatic heterocycles. The minimum Gasteiger partial charge on any atom is -0.357 e. The highest BCUT2D eigenvalue weighted by molar-refractivity contribution is 6.30. The van der Waals surface area contributed by atoms with Gasteiger partial charge >= 0.3 is 0 Å². The van der Waals surface area contributed by atoms with Crippen molar-refractivity contribution in [2.75, 3.05) is 13.1 Å². The van der Waals surface area contributed by atoms with E-state index in [0.717, 1.165) is 49.0 Å². The van der Waals surface area contributed by atoms with Gasteiger partial charge in [0, 0.05) is 42.1 Å². The van der Waals surface area contributed by atoms with Gasteiger partial charge in [-0.15, -0.1) is 0 Å². The number of hydrogen-bond donors (Lipinski definition) is 2. The normalized spacial score (nSPS) is 11.7. The number of hydrogen-bond acceptors (Lipinski definition) is 3. The summed E-state index contributed by atoms with van der Waals surface area (Å²) >= 11 is 5.95. The minimum absolute atomic E-state index is 0.556. The zero-order valence-corrected chi connectivity index (χ0v) is 17.9. The first-order valence-corrected chi connectivity index (χ1v) is 10.3. The van der Waals surface area contributed by atoms with Crippen molar-refractivity contribution in [1.29, 1.82) is 0 Å². The summed E-state index contributed by atoms with van der Waals surface area (Å²) in [6.07, 6.45) is 4.80. The summed E-state index contributed by atoms with van der Waals surface area (Å²) in [4.78, 5) is 4.67. The Bertz CT molecular complexity index is 940. The van der Waals surface area contributed by atoms with Crippen LogP contribution in [0.3, 0.4) is 0 Å². The topological polar surface area (TPSA) is 72.1 Å². The highest BCUT2D eigenvalue weighted by atomic mass is 35.5. The Hall–Kier alpha value is -2.80. The number of aliphatic imine (C=N–C) groups is 1. The quantitative estimate of drug-likeness (QED) is 0.337. The maximum atomic E-state index is 5.95. The molecule has 1 aromatic carbocycles. The molecule has 2 N–H and O–H groups in total. The van der Waals surface area contributed by atoms with E-state index in [1.807, 2.05) is 52.9 Å². The van der Waals surface area contributed by atoms with Crippen LogP contribution in [-0.4, -0.2) is 38.6 Å². The molecule has 29 heavy (non-hydrogen) atoms. The van der Waals surface area contributed by atoms with E-state index in [-0.39, 0.29) is 0 Å². The fourth-order valence-electron chi connectivity index (χ4n) is 3.03. The standard InChI is InChI=1S/C21H28ClN7/c1-4-23-21(24-10-5-11-28-17(3)12-16(2)27-28)25-13-18-14-26-29(15-18)20-8-6-19(22)7-9-20/h6-9,12,14-15H,4-5,10-11,13H2,1-3H3,(H2,23,24,25). The number of nitrogens with one attached hydrogen (secondary N) is 2. The molecule has 0 saturated heterocycles. The van der Waals surface area contributed by atoms with Gasteiger partial charge in [-0.1, -0.05) is 11.6 Å². The second kappa shape index (κ2) is 10.1. The molecule has 0 aliphatic carbocycles. The number of benzene rings is 1. The van der Waals surface area contributed by atoms with E-state index in [4.69, 9.17) is 11.6 Å². The lowest BCUT2D eigenvalue weighted by molar-refractivity contribution is 0.555. The number of aromatic nitrogens is 4. The highest BCUT2D eigenvalue weighted by Gasteiger charge is 2.03. The summed E-state index contributed by atoms with van der Waals surface area (Å²) in [6, 6.07) is 9.70. The smallest absolute Gasteiger partial charge is 0.191 e. The van der Waals surface area contributed by atoms with Crippen LogP contribution < -0.4 is 10.6 Å². The van der Waals surface area contributed by atoms with Gasteiger partial charge in [-0.25, -0.2) is 9.67 Å². The summed E-state index contributed by atoms with van der Waals surface area (Å²) in [5, 5.41) is 16.3. The number of guanidine groups is 1. The van der Waals surface area contributed by atoms with Gasteiger partial charge in [-0.2, -0.15) is 10.2 Å². The number of rotatable bonds is 8. The molecule has 154 valence electrons. The van der Waals surface area contributed by atoms with Gasteiger partial charge in [0.25, 0.3) is 0 Å². The minimum atomic E-state index is 0.556. The van der Waals surface area contributed by atoms with Crippen LogP contribution >= 0.6 is 11.6 Å². The van der Waals surface area contributed by atoms with Crippen LogP contribution in [0.15, 0.2) is 47.7 Å². The Labute approximate surface area is 176 Å².